The van der Waals surface area contributed by atoms with Crippen LogP contribution in [0.25, 0.3) is 22.2 Å². The van der Waals surface area contributed by atoms with Crippen LogP contribution in [-0.4, -0.2) is 32.2 Å². The van der Waals surface area contributed by atoms with Crippen molar-refractivity contribution < 1.29 is 5.11 Å². The summed E-state index contributed by atoms with van der Waals surface area (Å²) in [5, 5.41) is 13.7. The molecule has 0 radical (unpaired) electrons. The molecule has 0 bridgehead atoms. The van der Waals surface area contributed by atoms with Crippen LogP contribution in [0, 0.1) is 0 Å². The number of aromatic nitrogens is 3. The number of rotatable bonds is 5. The molecule has 2 heterocycles. The highest BCUT2D eigenvalue weighted by Gasteiger charge is 2.17. The molecular weight excluding hydrogens is 342 g/mol. The number of anilines is 1. The summed E-state index contributed by atoms with van der Waals surface area (Å²) in [6.45, 7) is 5.85. The van der Waals surface area contributed by atoms with Crippen LogP contribution in [0.1, 0.15) is 26.3 Å². The minimum Gasteiger partial charge on any atom is -0.386 e. The van der Waals surface area contributed by atoms with Crippen LogP contribution in [0.4, 0.5) is 5.82 Å². The standard InChI is InChI=1S/C20H25N5O2/c1-12(21)10-22-18-17-16(23-11-25(4)19(17)26)9-15(24-18)13-5-7-14(8-6-13)20(2,3)27/h5-9,11-12,27H,10,21H2,1-4H3,(H,22,24)/t12-/m0/s1. The number of fused-ring (bicyclic) bond motifs is 1. The van der Waals surface area contributed by atoms with E-state index < -0.39 is 5.60 Å². The Morgan fingerprint density at radius 3 is 2.56 bits per heavy atom. The molecule has 0 aliphatic heterocycles. The van der Waals surface area contributed by atoms with Crippen LogP contribution >= 0.6 is 0 Å². The summed E-state index contributed by atoms with van der Waals surface area (Å²) >= 11 is 0. The lowest BCUT2D eigenvalue weighted by atomic mass is 9.96. The van der Waals surface area contributed by atoms with Crippen LogP contribution in [-0.2, 0) is 12.6 Å². The Hall–Kier alpha value is -2.77. The molecule has 1 aromatic carbocycles. The number of pyridine rings is 1. The number of aliphatic hydroxyl groups is 1. The number of hydrogen-bond donors (Lipinski definition) is 3. The van der Waals surface area contributed by atoms with Crippen molar-refractivity contribution in [3.05, 3.63) is 52.6 Å². The SMILES string of the molecule is C[C@H](N)CNc1nc(-c2ccc(C(C)(C)O)cc2)cc2ncn(C)c(=O)c12. The third-order valence-corrected chi connectivity index (χ3v) is 4.38. The molecule has 0 spiro atoms. The van der Waals surface area contributed by atoms with Gasteiger partial charge in [-0.15, -0.1) is 0 Å². The Balaban J connectivity index is 2.14. The first kappa shape index (κ1) is 19.0. The quantitative estimate of drug-likeness (QED) is 0.637. The molecular formula is C20H25N5O2. The summed E-state index contributed by atoms with van der Waals surface area (Å²) in [6, 6.07) is 9.25. The second-order valence-corrected chi connectivity index (χ2v) is 7.41. The molecule has 1 atom stereocenters. The third kappa shape index (κ3) is 3.99. The average molecular weight is 367 g/mol. The zero-order chi connectivity index (χ0) is 19.8. The van der Waals surface area contributed by atoms with Crippen molar-refractivity contribution in [2.24, 2.45) is 12.8 Å². The minimum atomic E-state index is -0.910. The number of nitrogens with one attached hydrogen (secondary N) is 1. The van der Waals surface area contributed by atoms with Gasteiger partial charge in [-0.2, -0.15) is 0 Å². The van der Waals surface area contributed by atoms with Gasteiger partial charge in [0.1, 0.15) is 11.2 Å². The molecule has 0 saturated heterocycles. The fourth-order valence-electron chi connectivity index (χ4n) is 2.80. The first-order valence-corrected chi connectivity index (χ1v) is 8.86. The normalized spacial score (nSPS) is 13.0. The number of aryl methyl sites for hydroxylation is 1. The van der Waals surface area contributed by atoms with Gasteiger partial charge >= 0.3 is 0 Å². The molecule has 0 amide bonds. The molecule has 3 rings (SSSR count). The molecule has 0 aliphatic rings. The largest absolute Gasteiger partial charge is 0.386 e. The van der Waals surface area contributed by atoms with Crippen LogP contribution in [0.5, 0.6) is 0 Å². The van der Waals surface area contributed by atoms with E-state index in [0.29, 0.717) is 29.0 Å². The number of nitrogens with two attached hydrogens (primary N) is 1. The minimum absolute atomic E-state index is 0.0860. The summed E-state index contributed by atoms with van der Waals surface area (Å²) in [4.78, 5) is 21.6. The van der Waals surface area contributed by atoms with Crippen LogP contribution in [0.2, 0.25) is 0 Å². The van der Waals surface area contributed by atoms with Crippen molar-refractivity contribution in [2.75, 3.05) is 11.9 Å². The highest BCUT2D eigenvalue weighted by atomic mass is 16.3. The average Bonchev–Trinajstić information content (AvgIpc) is 2.62. The Bertz CT molecular complexity index is 1020. The Labute approximate surface area is 157 Å². The van der Waals surface area contributed by atoms with Gasteiger partial charge in [-0.3, -0.25) is 4.79 Å². The van der Waals surface area contributed by atoms with E-state index in [1.807, 2.05) is 31.2 Å². The van der Waals surface area contributed by atoms with E-state index in [1.54, 1.807) is 27.0 Å². The summed E-state index contributed by atoms with van der Waals surface area (Å²) < 4.78 is 1.43. The van der Waals surface area contributed by atoms with Crippen LogP contribution in [0.3, 0.4) is 0 Å². The Morgan fingerprint density at radius 2 is 1.96 bits per heavy atom. The van der Waals surface area contributed by atoms with Gasteiger partial charge in [0, 0.05) is 25.2 Å². The van der Waals surface area contributed by atoms with Gasteiger partial charge in [-0.1, -0.05) is 24.3 Å². The maximum Gasteiger partial charge on any atom is 0.264 e. The first-order valence-electron chi connectivity index (χ1n) is 8.86. The number of benzene rings is 1. The lowest BCUT2D eigenvalue weighted by Crippen LogP contribution is -2.27. The van der Waals surface area contributed by atoms with Gasteiger partial charge in [-0.05, 0) is 32.4 Å². The first-order chi connectivity index (χ1) is 12.7. The third-order valence-electron chi connectivity index (χ3n) is 4.38. The van der Waals surface area contributed by atoms with Crippen molar-refractivity contribution in [1.82, 2.24) is 14.5 Å². The van der Waals surface area contributed by atoms with Crippen LogP contribution < -0.4 is 16.6 Å². The summed E-state index contributed by atoms with van der Waals surface area (Å²) in [5.41, 5.74) is 7.72. The van der Waals surface area contributed by atoms with E-state index in [1.165, 1.54) is 10.9 Å². The van der Waals surface area contributed by atoms with Crippen LogP contribution in [0.15, 0.2) is 41.5 Å². The monoisotopic (exact) mass is 367 g/mol. The zero-order valence-electron chi connectivity index (χ0n) is 16.0. The summed E-state index contributed by atoms with van der Waals surface area (Å²) in [6.07, 6.45) is 1.50. The summed E-state index contributed by atoms with van der Waals surface area (Å²) in [7, 11) is 1.66. The molecule has 7 heteroatoms. The second kappa shape index (κ2) is 7.09. The second-order valence-electron chi connectivity index (χ2n) is 7.41. The predicted molar refractivity (Wildman–Crippen MR) is 108 cm³/mol. The highest BCUT2D eigenvalue weighted by Crippen LogP contribution is 2.27. The lowest BCUT2D eigenvalue weighted by molar-refractivity contribution is 0.0786. The predicted octanol–water partition coefficient (Wildman–Crippen LogP) is 1.98. The maximum absolute atomic E-state index is 12.6. The molecule has 142 valence electrons. The van der Waals surface area contributed by atoms with Crippen molar-refractivity contribution in [3.8, 4) is 11.3 Å². The number of hydrogen-bond acceptors (Lipinski definition) is 6. The Kier molecular flexibility index (Phi) is 4.99. The molecule has 0 fully saturated rings. The van der Waals surface area contributed by atoms with E-state index in [0.717, 1.165) is 11.1 Å². The molecule has 7 nitrogen and oxygen atoms in total. The topological polar surface area (TPSA) is 106 Å². The molecule has 0 saturated carbocycles. The molecule has 27 heavy (non-hydrogen) atoms. The van der Waals surface area contributed by atoms with Crippen molar-refractivity contribution in [1.29, 1.82) is 0 Å². The fraction of sp³-hybridized carbons (Fsp3) is 0.350. The zero-order valence-corrected chi connectivity index (χ0v) is 16.0. The smallest absolute Gasteiger partial charge is 0.264 e. The molecule has 3 aromatic rings. The molecule has 4 N–H and O–H groups in total. The summed E-state index contributed by atoms with van der Waals surface area (Å²) in [5.74, 6) is 0.472. The van der Waals surface area contributed by atoms with Gasteiger partial charge < -0.3 is 20.7 Å². The maximum atomic E-state index is 12.6. The van der Waals surface area contributed by atoms with E-state index in [-0.39, 0.29) is 11.6 Å². The van der Waals surface area contributed by atoms with Gasteiger partial charge in [0.05, 0.1) is 23.1 Å². The van der Waals surface area contributed by atoms with E-state index in [9.17, 15) is 9.90 Å². The lowest BCUT2D eigenvalue weighted by Gasteiger charge is -2.18. The van der Waals surface area contributed by atoms with Crippen molar-refractivity contribution >= 4 is 16.7 Å². The van der Waals surface area contributed by atoms with Gasteiger partial charge in [0.25, 0.3) is 5.56 Å². The number of nitrogens with zero attached hydrogens (tertiary/aromatic N) is 3. The van der Waals surface area contributed by atoms with Crippen molar-refractivity contribution in [3.63, 3.8) is 0 Å². The molecule has 0 aliphatic carbocycles. The Morgan fingerprint density at radius 1 is 1.30 bits per heavy atom. The fourth-order valence-corrected chi connectivity index (χ4v) is 2.80. The molecule has 0 unspecified atom stereocenters. The highest BCUT2D eigenvalue weighted by molar-refractivity contribution is 5.91. The van der Waals surface area contributed by atoms with E-state index in [2.05, 4.69) is 15.3 Å². The van der Waals surface area contributed by atoms with E-state index >= 15 is 0 Å². The van der Waals surface area contributed by atoms with Gasteiger partial charge in [-0.25, -0.2) is 9.97 Å². The molecule has 2 aromatic heterocycles. The van der Waals surface area contributed by atoms with Gasteiger partial charge in [0.2, 0.25) is 0 Å². The van der Waals surface area contributed by atoms with Gasteiger partial charge in [0.15, 0.2) is 0 Å². The van der Waals surface area contributed by atoms with Crippen molar-refractivity contribution in [2.45, 2.75) is 32.4 Å². The van der Waals surface area contributed by atoms with E-state index in [4.69, 9.17) is 5.73 Å².